The van der Waals surface area contributed by atoms with Gasteiger partial charge in [-0.3, -0.25) is 4.79 Å². The Kier molecular flexibility index (Phi) is 2.28. The number of rotatable bonds is 1. The highest BCUT2D eigenvalue weighted by atomic mass is 16.5. The lowest BCUT2D eigenvalue weighted by Crippen LogP contribution is -2.16. The van der Waals surface area contributed by atoms with Gasteiger partial charge in [0, 0.05) is 25.5 Å². The zero-order valence-corrected chi connectivity index (χ0v) is 6.90. The van der Waals surface area contributed by atoms with Crippen LogP contribution < -0.4 is 5.43 Å². The van der Waals surface area contributed by atoms with Gasteiger partial charge in [0.2, 0.25) is 0 Å². The maximum atomic E-state index is 11.1. The van der Waals surface area contributed by atoms with Gasteiger partial charge in [0.25, 0.3) is 0 Å². The monoisotopic (exact) mass is 167 g/mol. The van der Waals surface area contributed by atoms with Crippen LogP contribution in [0, 0.1) is 0 Å². The van der Waals surface area contributed by atoms with Crippen LogP contribution in [0.25, 0.3) is 0 Å². The lowest BCUT2D eigenvalue weighted by Gasteiger charge is -2.00. The van der Waals surface area contributed by atoms with E-state index >= 15 is 0 Å². The number of esters is 1. The number of nitrogens with zero attached hydrogens (tertiary/aromatic N) is 1. The molecular weight excluding hydrogens is 158 g/mol. The summed E-state index contributed by atoms with van der Waals surface area (Å²) in [6.07, 6.45) is 3.02. The van der Waals surface area contributed by atoms with Gasteiger partial charge in [0.15, 0.2) is 5.43 Å². The molecule has 0 atom stereocenters. The molecule has 0 radical (unpaired) electrons. The van der Waals surface area contributed by atoms with Crippen molar-refractivity contribution in [3.8, 4) is 0 Å². The van der Waals surface area contributed by atoms with E-state index in [0.29, 0.717) is 0 Å². The van der Waals surface area contributed by atoms with Crippen LogP contribution in [0.15, 0.2) is 23.3 Å². The average molecular weight is 167 g/mol. The molecule has 64 valence electrons. The first-order valence-corrected chi connectivity index (χ1v) is 3.39. The average Bonchev–Trinajstić information content (AvgIpc) is 2.08. The van der Waals surface area contributed by atoms with Gasteiger partial charge in [0.05, 0.1) is 7.11 Å². The van der Waals surface area contributed by atoms with E-state index in [-0.39, 0.29) is 11.0 Å². The van der Waals surface area contributed by atoms with E-state index in [1.165, 1.54) is 19.4 Å². The van der Waals surface area contributed by atoms with E-state index in [1.54, 1.807) is 17.8 Å². The maximum absolute atomic E-state index is 11.1. The minimum absolute atomic E-state index is 0.0579. The Hall–Kier alpha value is -1.58. The molecule has 0 amide bonds. The number of aryl methyl sites for hydroxylation is 1. The van der Waals surface area contributed by atoms with Gasteiger partial charge in [-0.25, -0.2) is 4.79 Å². The fourth-order valence-electron chi connectivity index (χ4n) is 0.849. The van der Waals surface area contributed by atoms with Crippen LogP contribution in [-0.2, 0) is 11.8 Å². The van der Waals surface area contributed by atoms with Crippen LogP contribution in [-0.4, -0.2) is 17.6 Å². The first-order chi connectivity index (χ1) is 5.65. The molecule has 0 saturated carbocycles. The predicted octanol–water partition coefficient (Wildman–Crippen LogP) is 0.172. The number of methoxy groups -OCH3 is 1. The summed E-state index contributed by atoms with van der Waals surface area (Å²) in [6, 6.07) is 1.33. The first-order valence-electron chi connectivity index (χ1n) is 3.39. The highest BCUT2D eigenvalue weighted by Gasteiger charge is 2.08. The lowest BCUT2D eigenvalue weighted by atomic mass is 10.3. The fourth-order valence-corrected chi connectivity index (χ4v) is 0.849. The number of carbonyl (C=O) groups excluding carboxylic acids is 1. The largest absolute Gasteiger partial charge is 0.465 e. The maximum Gasteiger partial charge on any atom is 0.343 e. The standard InChI is InChI=1S/C8H9NO3/c1-9-4-3-7(10)6(5-9)8(11)12-2/h3-5H,1-2H3. The summed E-state index contributed by atoms with van der Waals surface area (Å²) in [5.74, 6) is -0.601. The minimum Gasteiger partial charge on any atom is -0.465 e. The van der Waals surface area contributed by atoms with Crippen LogP contribution in [0.5, 0.6) is 0 Å². The van der Waals surface area contributed by atoms with Gasteiger partial charge in [-0.05, 0) is 0 Å². The highest BCUT2D eigenvalue weighted by Crippen LogP contribution is 1.92. The van der Waals surface area contributed by atoms with E-state index in [4.69, 9.17) is 0 Å². The van der Waals surface area contributed by atoms with Crippen LogP contribution in [0.1, 0.15) is 10.4 Å². The van der Waals surface area contributed by atoms with Gasteiger partial charge in [0.1, 0.15) is 5.56 Å². The van der Waals surface area contributed by atoms with Crippen molar-refractivity contribution in [3.63, 3.8) is 0 Å². The highest BCUT2D eigenvalue weighted by molar-refractivity contribution is 5.88. The second-order valence-corrected chi connectivity index (χ2v) is 2.38. The number of carbonyl (C=O) groups is 1. The molecule has 0 N–H and O–H groups in total. The van der Waals surface area contributed by atoms with Gasteiger partial charge in [-0.1, -0.05) is 0 Å². The van der Waals surface area contributed by atoms with Gasteiger partial charge < -0.3 is 9.30 Å². The summed E-state index contributed by atoms with van der Waals surface area (Å²) in [7, 11) is 2.97. The van der Waals surface area contributed by atoms with Crippen molar-refractivity contribution in [2.75, 3.05) is 7.11 Å². The molecule has 0 aliphatic carbocycles. The van der Waals surface area contributed by atoms with Gasteiger partial charge >= 0.3 is 5.97 Å². The normalized spacial score (nSPS) is 9.50. The van der Waals surface area contributed by atoms with E-state index < -0.39 is 5.97 Å². The number of aromatic nitrogens is 1. The van der Waals surface area contributed by atoms with Crippen molar-refractivity contribution < 1.29 is 9.53 Å². The molecule has 0 bridgehead atoms. The Morgan fingerprint density at radius 2 is 2.25 bits per heavy atom. The molecule has 0 unspecified atom stereocenters. The fraction of sp³-hybridized carbons (Fsp3) is 0.250. The number of hydrogen-bond donors (Lipinski definition) is 0. The molecule has 4 nitrogen and oxygen atoms in total. The van der Waals surface area contributed by atoms with Crippen LogP contribution in [0.3, 0.4) is 0 Å². The number of pyridine rings is 1. The molecule has 1 rings (SSSR count). The topological polar surface area (TPSA) is 48.3 Å². The minimum atomic E-state index is -0.601. The Labute approximate surface area is 69.4 Å². The summed E-state index contributed by atoms with van der Waals surface area (Å²) >= 11 is 0. The zero-order chi connectivity index (χ0) is 9.14. The van der Waals surface area contributed by atoms with E-state index in [0.717, 1.165) is 0 Å². The summed E-state index contributed by atoms with van der Waals surface area (Å²) in [4.78, 5) is 22.0. The van der Waals surface area contributed by atoms with E-state index in [9.17, 15) is 9.59 Å². The van der Waals surface area contributed by atoms with Crippen molar-refractivity contribution in [1.29, 1.82) is 0 Å². The Balaban J connectivity index is 3.23. The third-order valence-corrected chi connectivity index (χ3v) is 1.46. The van der Waals surface area contributed by atoms with Gasteiger partial charge in [-0.2, -0.15) is 0 Å². The third kappa shape index (κ3) is 1.53. The summed E-state index contributed by atoms with van der Waals surface area (Å²) < 4.78 is 6.04. The number of ether oxygens (including phenoxy) is 1. The molecular formula is C8H9NO3. The molecule has 0 saturated heterocycles. The second kappa shape index (κ2) is 3.21. The van der Waals surface area contributed by atoms with Crippen molar-refractivity contribution in [3.05, 3.63) is 34.2 Å². The molecule has 0 aliphatic rings. The Morgan fingerprint density at radius 1 is 1.58 bits per heavy atom. The van der Waals surface area contributed by atoms with Crippen LogP contribution in [0.2, 0.25) is 0 Å². The van der Waals surface area contributed by atoms with Crippen molar-refractivity contribution in [2.45, 2.75) is 0 Å². The molecule has 0 aromatic carbocycles. The van der Waals surface area contributed by atoms with Crippen molar-refractivity contribution in [2.24, 2.45) is 7.05 Å². The molecule has 1 heterocycles. The van der Waals surface area contributed by atoms with Crippen molar-refractivity contribution in [1.82, 2.24) is 4.57 Å². The summed E-state index contributed by atoms with van der Waals surface area (Å²) in [5.41, 5.74) is -0.262. The van der Waals surface area contributed by atoms with Crippen molar-refractivity contribution >= 4 is 5.97 Å². The molecule has 1 aromatic heterocycles. The third-order valence-electron chi connectivity index (χ3n) is 1.46. The first kappa shape index (κ1) is 8.52. The Bertz CT molecular complexity index is 354. The van der Waals surface area contributed by atoms with Gasteiger partial charge in [-0.15, -0.1) is 0 Å². The quantitative estimate of drug-likeness (QED) is 0.560. The molecule has 4 heteroatoms. The second-order valence-electron chi connectivity index (χ2n) is 2.38. The number of hydrogen-bond acceptors (Lipinski definition) is 3. The van der Waals surface area contributed by atoms with Crippen LogP contribution >= 0.6 is 0 Å². The Morgan fingerprint density at radius 3 is 2.83 bits per heavy atom. The smallest absolute Gasteiger partial charge is 0.343 e. The van der Waals surface area contributed by atoms with Crippen LogP contribution in [0.4, 0.5) is 0 Å². The summed E-state index contributed by atoms with van der Waals surface area (Å²) in [5, 5.41) is 0. The molecule has 1 aromatic rings. The SMILES string of the molecule is COC(=O)c1cn(C)ccc1=O. The van der Waals surface area contributed by atoms with E-state index in [2.05, 4.69) is 4.74 Å². The zero-order valence-electron chi connectivity index (χ0n) is 6.90. The molecule has 12 heavy (non-hydrogen) atoms. The van der Waals surface area contributed by atoms with E-state index in [1.807, 2.05) is 0 Å². The predicted molar refractivity (Wildman–Crippen MR) is 43.0 cm³/mol. The summed E-state index contributed by atoms with van der Waals surface area (Å²) in [6.45, 7) is 0. The molecule has 0 fully saturated rings. The molecule has 0 spiro atoms. The molecule has 0 aliphatic heterocycles. The lowest BCUT2D eigenvalue weighted by molar-refractivity contribution is 0.0598.